The van der Waals surface area contributed by atoms with Crippen molar-refractivity contribution in [3.05, 3.63) is 33.6 Å². The molecule has 5 heteroatoms. The van der Waals surface area contributed by atoms with E-state index in [4.69, 9.17) is 5.73 Å². The Morgan fingerprint density at radius 3 is 2.43 bits per heavy atom. The second kappa shape index (κ2) is 4.79. The van der Waals surface area contributed by atoms with Gasteiger partial charge in [-0.15, -0.1) is 0 Å². The summed E-state index contributed by atoms with van der Waals surface area (Å²) in [6.45, 7) is 0.316. The van der Waals surface area contributed by atoms with Gasteiger partial charge in [0.25, 0.3) is 0 Å². The average Bonchev–Trinajstić information content (AvgIpc) is 2.14. The highest BCUT2D eigenvalue weighted by atomic mass is 79.9. The molecule has 0 saturated heterocycles. The largest absolute Gasteiger partial charge is 0.330 e. The van der Waals surface area contributed by atoms with Crippen molar-refractivity contribution in [1.82, 2.24) is 0 Å². The molecule has 0 aliphatic carbocycles. The van der Waals surface area contributed by atoms with Gasteiger partial charge in [-0.3, -0.25) is 0 Å². The van der Waals surface area contributed by atoms with Crippen LogP contribution < -0.4 is 5.73 Å². The normalized spacial score (nSPS) is 10.6. The van der Waals surface area contributed by atoms with Crippen LogP contribution in [0.4, 0.5) is 13.2 Å². The molecule has 1 aromatic carbocycles. The maximum atomic E-state index is 13.2. The lowest BCUT2D eigenvalue weighted by molar-refractivity contribution is 0.473. The van der Waals surface area contributed by atoms with E-state index in [1.807, 2.05) is 0 Å². The summed E-state index contributed by atoms with van der Waals surface area (Å²) in [5.41, 5.74) is 4.96. The minimum Gasteiger partial charge on any atom is -0.330 e. The Balaban J connectivity index is 3.09. The molecule has 78 valence electrons. The van der Waals surface area contributed by atoms with E-state index >= 15 is 0 Å². The number of hydrogen-bond acceptors (Lipinski definition) is 1. The highest BCUT2D eigenvalue weighted by Crippen LogP contribution is 2.24. The summed E-state index contributed by atoms with van der Waals surface area (Å²) < 4.78 is 39.1. The molecule has 1 rings (SSSR count). The Hall–Kier alpha value is -0.550. The van der Waals surface area contributed by atoms with E-state index in [0.29, 0.717) is 13.0 Å². The van der Waals surface area contributed by atoms with Crippen molar-refractivity contribution in [2.45, 2.75) is 12.8 Å². The van der Waals surface area contributed by atoms with Gasteiger partial charge in [0.15, 0.2) is 11.6 Å². The fourth-order valence-corrected chi connectivity index (χ4v) is 1.49. The molecule has 0 bridgehead atoms. The first-order valence-electron chi connectivity index (χ1n) is 4.10. The highest BCUT2D eigenvalue weighted by molar-refractivity contribution is 9.10. The molecule has 0 fully saturated rings. The lowest BCUT2D eigenvalue weighted by atomic mass is 10.1. The molecule has 0 radical (unpaired) electrons. The molecule has 0 saturated carbocycles. The minimum absolute atomic E-state index is 0.109. The molecular formula is C9H9BrF3N. The van der Waals surface area contributed by atoms with Crippen molar-refractivity contribution in [2.75, 3.05) is 6.54 Å². The molecule has 0 heterocycles. The molecular weight excluding hydrogens is 259 g/mol. The zero-order valence-electron chi connectivity index (χ0n) is 7.29. The molecule has 0 atom stereocenters. The van der Waals surface area contributed by atoms with Crippen LogP contribution in [0.1, 0.15) is 12.0 Å². The molecule has 0 spiro atoms. The zero-order chi connectivity index (χ0) is 10.7. The van der Waals surface area contributed by atoms with Crippen molar-refractivity contribution in [3.8, 4) is 0 Å². The highest BCUT2D eigenvalue weighted by Gasteiger charge is 2.16. The van der Waals surface area contributed by atoms with Gasteiger partial charge in [-0.25, -0.2) is 13.2 Å². The number of rotatable bonds is 3. The maximum absolute atomic E-state index is 13.2. The van der Waals surface area contributed by atoms with Crippen molar-refractivity contribution in [3.63, 3.8) is 0 Å². The summed E-state index contributed by atoms with van der Waals surface area (Å²) in [6, 6.07) is 0.921. The van der Waals surface area contributed by atoms with Gasteiger partial charge in [0.05, 0.1) is 4.47 Å². The first kappa shape index (κ1) is 11.5. The smallest absolute Gasteiger partial charge is 0.173 e. The Morgan fingerprint density at radius 2 is 1.86 bits per heavy atom. The van der Waals surface area contributed by atoms with Gasteiger partial charge in [-0.1, -0.05) is 0 Å². The number of hydrogen-bond donors (Lipinski definition) is 1. The summed E-state index contributed by atoms with van der Waals surface area (Å²) in [7, 11) is 0. The Labute approximate surface area is 88.2 Å². The number of nitrogens with two attached hydrogens (primary N) is 1. The third-order valence-electron chi connectivity index (χ3n) is 1.84. The Bertz CT molecular complexity index is 341. The first-order chi connectivity index (χ1) is 6.57. The molecule has 0 aromatic heterocycles. The summed E-state index contributed by atoms with van der Waals surface area (Å²) in [4.78, 5) is 0. The molecule has 0 amide bonds. The summed E-state index contributed by atoms with van der Waals surface area (Å²) >= 11 is 2.72. The molecule has 1 nitrogen and oxygen atoms in total. The van der Waals surface area contributed by atoms with Crippen LogP contribution in [-0.4, -0.2) is 6.54 Å². The fourth-order valence-electron chi connectivity index (χ4n) is 1.11. The van der Waals surface area contributed by atoms with Gasteiger partial charge in [0.2, 0.25) is 0 Å². The van der Waals surface area contributed by atoms with Gasteiger partial charge < -0.3 is 5.73 Å². The van der Waals surface area contributed by atoms with Crippen LogP contribution in [0.15, 0.2) is 10.5 Å². The van der Waals surface area contributed by atoms with Crippen molar-refractivity contribution >= 4 is 15.9 Å². The summed E-state index contributed by atoms with van der Waals surface area (Å²) in [6.07, 6.45) is 0.535. The standard InChI is InChI=1S/C9H9BrF3N/c10-6-4-7(11)5(2-1-3-14)8(12)9(6)13/h4H,1-3,14H2. The zero-order valence-corrected chi connectivity index (χ0v) is 8.87. The van der Waals surface area contributed by atoms with Crippen molar-refractivity contribution in [1.29, 1.82) is 0 Å². The molecule has 14 heavy (non-hydrogen) atoms. The van der Waals surface area contributed by atoms with Crippen LogP contribution in [0.5, 0.6) is 0 Å². The van der Waals surface area contributed by atoms with E-state index in [0.717, 1.165) is 6.07 Å². The van der Waals surface area contributed by atoms with Gasteiger partial charge in [0, 0.05) is 5.56 Å². The Morgan fingerprint density at radius 1 is 1.21 bits per heavy atom. The second-order valence-electron chi connectivity index (χ2n) is 2.84. The summed E-state index contributed by atoms with van der Waals surface area (Å²) in [5, 5.41) is 0. The van der Waals surface area contributed by atoms with Crippen LogP contribution in [-0.2, 0) is 6.42 Å². The number of halogens is 4. The van der Waals surface area contributed by atoms with Gasteiger partial charge in [0.1, 0.15) is 5.82 Å². The van der Waals surface area contributed by atoms with Crippen LogP contribution in [0.2, 0.25) is 0 Å². The van der Waals surface area contributed by atoms with Crippen LogP contribution in [0.25, 0.3) is 0 Å². The van der Waals surface area contributed by atoms with Crippen LogP contribution in [0, 0.1) is 17.5 Å². The Kier molecular flexibility index (Phi) is 3.95. The molecule has 2 N–H and O–H groups in total. The van der Waals surface area contributed by atoms with E-state index in [-0.39, 0.29) is 16.5 Å². The van der Waals surface area contributed by atoms with E-state index < -0.39 is 17.5 Å². The van der Waals surface area contributed by atoms with E-state index in [2.05, 4.69) is 15.9 Å². The predicted molar refractivity (Wildman–Crippen MR) is 51.4 cm³/mol. The van der Waals surface area contributed by atoms with Gasteiger partial charge in [-0.05, 0) is 41.4 Å². The molecule has 1 aromatic rings. The monoisotopic (exact) mass is 267 g/mol. The second-order valence-corrected chi connectivity index (χ2v) is 3.69. The van der Waals surface area contributed by atoms with E-state index in [9.17, 15) is 13.2 Å². The average molecular weight is 268 g/mol. The van der Waals surface area contributed by atoms with E-state index in [1.165, 1.54) is 0 Å². The maximum Gasteiger partial charge on any atom is 0.173 e. The molecule has 0 aliphatic heterocycles. The minimum atomic E-state index is -1.13. The summed E-state index contributed by atoms with van der Waals surface area (Å²) in [5.74, 6) is -2.94. The third-order valence-corrected chi connectivity index (χ3v) is 2.42. The third kappa shape index (κ3) is 2.27. The van der Waals surface area contributed by atoms with E-state index in [1.54, 1.807) is 0 Å². The van der Waals surface area contributed by atoms with Crippen molar-refractivity contribution in [2.24, 2.45) is 5.73 Å². The fraction of sp³-hybridized carbons (Fsp3) is 0.333. The SMILES string of the molecule is NCCCc1c(F)cc(Br)c(F)c1F. The van der Waals surface area contributed by atoms with Gasteiger partial charge in [-0.2, -0.15) is 0 Å². The lowest BCUT2D eigenvalue weighted by Gasteiger charge is -2.06. The van der Waals surface area contributed by atoms with Crippen LogP contribution in [0.3, 0.4) is 0 Å². The quantitative estimate of drug-likeness (QED) is 0.662. The number of benzene rings is 1. The molecule has 0 unspecified atom stereocenters. The lowest BCUT2D eigenvalue weighted by Crippen LogP contribution is -2.05. The van der Waals surface area contributed by atoms with Crippen molar-refractivity contribution < 1.29 is 13.2 Å². The topological polar surface area (TPSA) is 26.0 Å². The molecule has 0 aliphatic rings. The first-order valence-corrected chi connectivity index (χ1v) is 4.89. The predicted octanol–water partition coefficient (Wildman–Crippen LogP) is 2.76. The van der Waals surface area contributed by atoms with Crippen LogP contribution >= 0.6 is 15.9 Å². The van der Waals surface area contributed by atoms with Gasteiger partial charge >= 0.3 is 0 Å².